The molecule has 4 rings (SSSR count). The van der Waals surface area contributed by atoms with E-state index in [1.165, 1.54) is 0 Å². The smallest absolute Gasteiger partial charge is 0.245 e. The van der Waals surface area contributed by atoms with E-state index >= 15 is 0 Å². The van der Waals surface area contributed by atoms with Crippen molar-refractivity contribution in [2.45, 2.75) is 76.9 Å². The molecule has 2 aromatic rings. The van der Waals surface area contributed by atoms with Gasteiger partial charge in [-0.25, -0.2) is 0 Å². The first-order valence-corrected chi connectivity index (χ1v) is 17.3. The lowest BCUT2D eigenvalue weighted by Gasteiger charge is -2.28. The minimum atomic E-state index is -0.853. The molecule has 0 aromatic heterocycles. The Kier molecular flexibility index (Phi) is 13.9. The van der Waals surface area contributed by atoms with Gasteiger partial charge < -0.3 is 32.3 Å². The number of nitrogens with one attached hydrogen (secondary N) is 3. The van der Waals surface area contributed by atoms with Crippen molar-refractivity contribution in [3.8, 4) is 0 Å². The number of benzene rings is 2. The van der Waals surface area contributed by atoms with Gasteiger partial charge in [-0.05, 0) is 74.0 Å². The lowest BCUT2D eigenvalue weighted by molar-refractivity contribution is -0.138. The summed E-state index contributed by atoms with van der Waals surface area (Å²) >= 11 is 0. The van der Waals surface area contributed by atoms with E-state index in [4.69, 9.17) is 11.5 Å². The monoisotopic (exact) mass is 646 g/mol. The van der Waals surface area contributed by atoms with Crippen LogP contribution < -0.4 is 27.4 Å². The number of amides is 3. The van der Waals surface area contributed by atoms with E-state index in [-0.39, 0.29) is 36.4 Å². The van der Waals surface area contributed by atoms with Crippen LogP contribution >= 0.6 is 0 Å². The quantitative estimate of drug-likeness (QED) is 0.155. The predicted octanol–water partition coefficient (Wildman–Crippen LogP) is 2.20. The van der Waals surface area contributed by atoms with Crippen molar-refractivity contribution in [2.24, 2.45) is 35.1 Å². The summed E-state index contributed by atoms with van der Waals surface area (Å²) in [7, 11) is 0. The molecule has 0 spiro atoms. The average molecular weight is 647 g/mol. The summed E-state index contributed by atoms with van der Waals surface area (Å²) in [6.45, 7) is 7.75. The van der Waals surface area contributed by atoms with Gasteiger partial charge in [0.2, 0.25) is 17.7 Å². The van der Waals surface area contributed by atoms with Crippen LogP contribution in [0.5, 0.6) is 0 Å². The highest BCUT2D eigenvalue weighted by molar-refractivity contribution is 5.95. The minimum Gasteiger partial charge on any atom is -0.345 e. The molecule has 2 aromatic carbocycles. The van der Waals surface area contributed by atoms with Gasteiger partial charge in [-0.3, -0.25) is 19.2 Å². The number of hydrogen-bond donors (Lipinski definition) is 5. The Morgan fingerprint density at radius 3 is 1.98 bits per heavy atom. The number of carbonyl (C=O) groups excluding carboxylic acids is 4. The van der Waals surface area contributed by atoms with Crippen LogP contribution in [0, 0.1) is 23.7 Å². The lowest BCUT2D eigenvalue weighted by atomic mass is 9.88. The van der Waals surface area contributed by atoms with Crippen molar-refractivity contribution < 1.29 is 19.2 Å². The van der Waals surface area contributed by atoms with Gasteiger partial charge in [0.1, 0.15) is 6.04 Å². The van der Waals surface area contributed by atoms with Gasteiger partial charge in [-0.2, -0.15) is 0 Å². The fourth-order valence-electron chi connectivity index (χ4n) is 6.87. The molecule has 0 radical (unpaired) electrons. The molecule has 2 aliphatic rings. The van der Waals surface area contributed by atoms with Crippen molar-refractivity contribution in [3.05, 3.63) is 71.8 Å². The molecule has 0 saturated carbocycles. The van der Waals surface area contributed by atoms with Crippen LogP contribution in [-0.2, 0) is 32.0 Å². The van der Waals surface area contributed by atoms with Crippen LogP contribution in [0.25, 0.3) is 0 Å². The maximum atomic E-state index is 14.0. The maximum Gasteiger partial charge on any atom is 0.245 e. The van der Waals surface area contributed by atoms with Gasteiger partial charge in [0.25, 0.3) is 0 Å². The molecule has 2 saturated heterocycles. The van der Waals surface area contributed by atoms with Crippen molar-refractivity contribution in [1.82, 2.24) is 20.9 Å². The van der Waals surface area contributed by atoms with E-state index in [1.807, 2.05) is 79.4 Å². The second kappa shape index (κ2) is 18.1. The number of nitrogens with zero attached hydrogens (tertiary/aromatic N) is 1. The first-order valence-electron chi connectivity index (χ1n) is 17.3. The first kappa shape index (κ1) is 36.2. The van der Waals surface area contributed by atoms with E-state index in [1.54, 1.807) is 0 Å². The van der Waals surface area contributed by atoms with Gasteiger partial charge in [0.05, 0.1) is 12.1 Å². The van der Waals surface area contributed by atoms with E-state index < -0.39 is 30.0 Å². The van der Waals surface area contributed by atoms with Gasteiger partial charge >= 0.3 is 0 Å². The Morgan fingerprint density at radius 1 is 0.830 bits per heavy atom. The number of rotatable bonds is 18. The summed E-state index contributed by atoms with van der Waals surface area (Å²) in [5.41, 5.74) is 13.9. The van der Waals surface area contributed by atoms with Gasteiger partial charge in [0, 0.05) is 38.5 Å². The summed E-state index contributed by atoms with van der Waals surface area (Å²) in [6.07, 6.45) is 3.02. The van der Waals surface area contributed by atoms with Gasteiger partial charge in [0.15, 0.2) is 5.78 Å². The molecule has 0 aliphatic carbocycles. The Labute approximate surface area is 279 Å². The number of likely N-dealkylation sites (tertiary alicyclic amines) is 1. The molecular weight excluding hydrogens is 592 g/mol. The number of unbranched alkanes of at least 4 members (excludes halogenated alkanes) is 1. The highest BCUT2D eigenvalue weighted by atomic mass is 16.2. The Hall–Kier alpha value is -3.60. The van der Waals surface area contributed by atoms with Crippen molar-refractivity contribution in [3.63, 3.8) is 0 Å². The first-order chi connectivity index (χ1) is 22.6. The van der Waals surface area contributed by atoms with Gasteiger partial charge in [-0.1, -0.05) is 74.5 Å². The van der Waals surface area contributed by atoms with Gasteiger partial charge in [-0.15, -0.1) is 0 Å². The maximum absolute atomic E-state index is 14.0. The standard InChI is InChI=1S/C37H54N6O4/c1-25(2)17-28(35(45)41-32(15-9-10-16-38)37(47)43-23-29-21-40-22-30(29)24-43)20-34(44)33(19-27-13-7-4-8-14-27)42-36(46)31(39)18-26-11-5-3-6-12-26/h3-8,11-14,25,28-33,40H,9-10,15-24,38-39H2,1-2H3,(H,41,45)(H,42,46). The van der Waals surface area contributed by atoms with Crippen LogP contribution in [0.1, 0.15) is 57.1 Å². The van der Waals surface area contributed by atoms with Crippen LogP contribution in [0.2, 0.25) is 0 Å². The van der Waals surface area contributed by atoms with Crippen molar-refractivity contribution in [2.75, 3.05) is 32.7 Å². The van der Waals surface area contributed by atoms with E-state index in [9.17, 15) is 19.2 Å². The summed E-state index contributed by atoms with van der Waals surface area (Å²) < 4.78 is 0. The third kappa shape index (κ3) is 11.0. The van der Waals surface area contributed by atoms with Crippen LogP contribution in [0.3, 0.4) is 0 Å². The second-order valence-electron chi connectivity index (χ2n) is 13.8. The molecule has 10 nitrogen and oxygen atoms in total. The van der Waals surface area contributed by atoms with E-state index in [0.29, 0.717) is 50.7 Å². The average Bonchev–Trinajstić information content (AvgIpc) is 3.67. The minimum absolute atomic E-state index is 0.0546. The zero-order chi connectivity index (χ0) is 33.8. The predicted molar refractivity (Wildman–Crippen MR) is 184 cm³/mol. The van der Waals surface area contributed by atoms with E-state index in [0.717, 1.165) is 37.1 Å². The zero-order valence-corrected chi connectivity index (χ0v) is 28.0. The number of Topliss-reactive ketones (excluding diaryl/α,β-unsaturated/α-hetero) is 1. The summed E-state index contributed by atoms with van der Waals surface area (Å²) in [6, 6.07) is 16.7. The largest absolute Gasteiger partial charge is 0.345 e. The molecule has 10 heteroatoms. The second-order valence-corrected chi connectivity index (χ2v) is 13.8. The molecule has 256 valence electrons. The van der Waals surface area contributed by atoms with Crippen molar-refractivity contribution >= 4 is 23.5 Å². The summed E-state index contributed by atoms with van der Waals surface area (Å²) in [5, 5.41) is 9.37. The number of carbonyl (C=O) groups is 4. The summed E-state index contributed by atoms with van der Waals surface area (Å²) in [5.74, 6) is -0.623. The van der Waals surface area contributed by atoms with Crippen LogP contribution in [-0.4, -0.2) is 79.3 Å². The molecule has 2 fully saturated rings. The van der Waals surface area contributed by atoms with E-state index in [2.05, 4.69) is 16.0 Å². The van der Waals surface area contributed by atoms with Crippen molar-refractivity contribution in [1.29, 1.82) is 0 Å². The molecule has 6 unspecified atom stereocenters. The molecular formula is C37H54N6O4. The Balaban J connectivity index is 1.47. The summed E-state index contributed by atoms with van der Waals surface area (Å²) in [4.78, 5) is 56.8. The van der Waals surface area contributed by atoms with Crippen LogP contribution in [0.4, 0.5) is 0 Å². The Morgan fingerprint density at radius 2 is 1.40 bits per heavy atom. The third-order valence-corrected chi connectivity index (χ3v) is 9.46. The zero-order valence-electron chi connectivity index (χ0n) is 28.0. The number of nitrogens with two attached hydrogens (primary N) is 2. The third-order valence-electron chi connectivity index (χ3n) is 9.46. The number of fused-ring (bicyclic) bond motifs is 1. The highest BCUT2D eigenvalue weighted by Gasteiger charge is 2.40. The molecule has 3 amide bonds. The molecule has 47 heavy (non-hydrogen) atoms. The number of hydrogen-bond acceptors (Lipinski definition) is 7. The Bertz CT molecular complexity index is 1290. The van der Waals surface area contributed by atoms with Crippen LogP contribution in [0.15, 0.2) is 60.7 Å². The molecule has 2 aliphatic heterocycles. The SMILES string of the molecule is CC(C)CC(CC(=O)C(Cc1ccccc1)NC(=O)C(N)Cc1ccccc1)C(=O)NC(CCCCN)C(=O)N1CC2CNCC2C1. The number of ketones is 1. The normalized spacial score (nSPS) is 19.9. The topological polar surface area (TPSA) is 160 Å². The lowest BCUT2D eigenvalue weighted by Crippen LogP contribution is -2.52. The fraction of sp³-hybridized carbons (Fsp3) is 0.568. The molecule has 0 bridgehead atoms. The molecule has 2 heterocycles. The molecule has 7 N–H and O–H groups in total. The molecule has 6 atom stereocenters. The highest BCUT2D eigenvalue weighted by Crippen LogP contribution is 2.27. The fourth-order valence-corrected chi connectivity index (χ4v) is 6.87.